The molecule has 0 aromatic carbocycles. The Bertz CT molecular complexity index is 184. The third-order valence-electron chi connectivity index (χ3n) is 3.53. The summed E-state index contributed by atoms with van der Waals surface area (Å²) in [5, 5.41) is 6.40. The summed E-state index contributed by atoms with van der Waals surface area (Å²) in [6.45, 7) is 2.25. The van der Waals surface area contributed by atoms with Gasteiger partial charge in [-0.15, -0.1) is 0 Å². The molecule has 3 heteroatoms. The lowest BCUT2D eigenvalue weighted by atomic mass is 9.88. The summed E-state index contributed by atoms with van der Waals surface area (Å²) >= 11 is 0. The van der Waals surface area contributed by atoms with E-state index < -0.39 is 0 Å². The van der Waals surface area contributed by atoms with Crippen molar-refractivity contribution in [3.05, 3.63) is 0 Å². The molecule has 0 bridgehead atoms. The Hall–Kier alpha value is -0.570. The van der Waals surface area contributed by atoms with E-state index in [1.807, 2.05) is 0 Å². The standard InChI is InChI=1S/C10H18N2O/c13-7-12-10-4-2-1-3-8-5-11-6-9(8)10/h7-11H,1-6H2,(H,12,13). The highest BCUT2D eigenvalue weighted by atomic mass is 16.1. The van der Waals surface area contributed by atoms with Gasteiger partial charge in [-0.1, -0.05) is 12.8 Å². The quantitative estimate of drug-likeness (QED) is 0.611. The maximum absolute atomic E-state index is 10.4. The summed E-state index contributed by atoms with van der Waals surface area (Å²) in [5.74, 6) is 1.49. The van der Waals surface area contributed by atoms with Gasteiger partial charge in [-0.05, 0) is 31.2 Å². The largest absolute Gasteiger partial charge is 0.356 e. The number of hydrogen-bond acceptors (Lipinski definition) is 2. The molecule has 1 amide bonds. The van der Waals surface area contributed by atoms with Crippen LogP contribution in [0.25, 0.3) is 0 Å². The van der Waals surface area contributed by atoms with Crippen LogP contribution in [-0.4, -0.2) is 25.5 Å². The smallest absolute Gasteiger partial charge is 0.207 e. The number of nitrogens with one attached hydrogen (secondary N) is 2. The normalized spacial score (nSPS) is 39.2. The minimum Gasteiger partial charge on any atom is -0.356 e. The molecular weight excluding hydrogens is 164 g/mol. The second kappa shape index (κ2) is 4.09. The van der Waals surface area contributed by atoms with Crippen molar-refractivity contribution in [2.75, 3.05) is 13.1 Å². The average Bonchev–Trinajstić information content (AvgIpc) is 2.52. The first-order chi connectivity index (χ1) is 6.42. The zero-order chi connectivity index (χ0) is 9.10. The van der Waals surface area contributed by atoms with Crippen molar-refractivity contribution in [1.82, 2.24) is 10.6 Å². The summed E-state index contributed by atoms with van der Waals surface area (Å²) in [5.41, 5.74) is 0. The van der Waals surface area contributed by atoms with E-state index in [1.165, 1.54) is 25.7 Å². The number of carbonyl (C=O) groups is 1. The molecule has 0 radical (unpaired) electrons. The minimum atomic E-state index is 0.431. The first-order valence-electron chi connectivity index (χ1n) is 5.32. The summed E-state index contributed by atoms with van der Waals surface area (Å²) in [6, 6.07) is 0.431. The third kappa shape index (κ3) is 1.85. The van der Waals surface area contributed by atoms with Crippen molar-refractivity contribution >= 4 is 6.41 Å². The molecule has 13 heavy (non-hydrogen) atoms. The average molecular weight is 182 g/mol. The fraction of sp³-hybridized carbons (Fsp3) is 0.900. The molecule has 1 saturated heterocycles. The van der Waals surface area contributed by atoms with Crippen molar-refractivity contribution in [2.24, 2.45) is 11.8 Å². The van der Waals surface area contributed by atoms with Gasteiger partial charge >= 0.3 is 0 Å². The van der Waals surface area contributed by atoms with Gasteiger partial charge in [0.05, 0.1) is 0 Å². The van der Waals surface area contributed by atoms with Crippen molar-refractivity contribution < 1.29 is 4.79 Å². The molecule has 2 N–H and O–H groups in total. The monoisotopic (exact) mass is 182 g/mol. The van der Waals surface area contributed by atoms with Gasteiger partial charge in [0.2, 0.25) is 6.41 Å². The molecule has 0 spiro atoms. The molecule has 1 aliphatic heterocycles. The molecule has 74 valence electrons. The van der Waals surface area contributed by atoms with E-state index in [1.54, 1.807) is 0 Å². The first kappa shape index (κ1) is 9.00. The van der Waals surface area contributed by atoms with E-state index in [9.17, 15) is 4.79 Å². The van der Waals surface area contributed by atoms with Crippen LogP contribution in [0.4, 0.5) is 0 Å². The van der Waals surface area contributed by atoms with Gasteiger partial charge in [-0.2, -0.15) is 0 Å². The van der Waals surface area contributed by atoms with Crippen LogP contribution >= 0.6 is 0 Å². The molecule has 1 heterocycles. The van der Waals surface area contributed by atoms with Crippen molar-refractivity contribution in [2.45, 2.75) is 31.7 Å². The topological polar surface area (TPSA) is 41.1 Å². The Morgan fingerprint density at radius 2 is 2.08 bits per heavy atom. The molecule has 2 fully saturated rings. The van der Waals surface area contributed by atoms with Gasteiger partial charge in [0.25, 0.3) is 0 Å². The number of rotatable bonds is 2. The second-order valence-electron chi connectivity index (χ2n) is 4.26. The van der Waals surface area contributed by atoms with Crippen LogP contribution in [0, 0.1) is 11.8 Å². The molecule has 0 aromatic rings. The van der Waals surface area contributed by atoms with Crippen molar-refractivity contribution in [3.63, 3.8) is 0 Å². The predicted molar refractivity (Wildman–Crippen MR) is 51.3 cm³/mol. The van der Waals surface area contributed by atoms with Crippen LogP contribution in [0.1, 0.15) is 25.7 Å². The molecule has 2 rings (SSSR count). The van der Waals surface area contributed by atoms with Gasteiger partial charge in [-0.3, -0.25) is 4.79 Å². The SMILES string of the molecule is O=CNC1CCCCC2CNCC21. The van der Waals surface area contributed by atoms with Gasteiger partial charge in [0.1, 0.15) is 0 Å². The minimum absolute atomic E-state index is 0.431. The molecule has 0 aromatic heterocycles. The Morgan fingerprint density at radius 1 is 1.23 bits per heavy atom. The fourth-order valence-corrected chi connectivity index (χ4v) is 2.82. The van der Waals surface area contributed by atoms with Crippen molar-refractivity contribution in [3.8, 4) is 0 Å². The van der Waals surface area contributed by atoms with Crippen LogP contribution < -0.4 is 10.6 Å². The lowest BCUT2D eigenvalue weighted by Crippen LogP contribution is -2.38. The van der Waals surface area contributed by atoms with E-state index in [-0.39, 0.29) is 0 Å². The highest BCUT2D eigenvalue weighted by molar-refractivity contribution is 5.46. The van der Waals surface area contributed by atoms with E-state index in [0.717, 1.165) is 25.4 Å². The number of amides is 1. The molecule has 3 nitrogen and oxygen atoms in total. The van der Waals surface area contributed by atoms with Gasteiger partial charge in [-0.25, -0.2) is 0 Å². The zero-order valence-electron chi connectivity index (χ0n) is 7.96. The summed E-state index contributed by atoms with van der Waals surface area (Å²) in [7, 11) is 0. The number of hydrogen-bond donors (Lipinski definition) is 2. The summed E-state index contributed by atoms with van der Waals surface area (Å²) < 4.78 is 0. The highest BCUT2D eigenvalue weighted by Gasteiger charge is 2.34. The molecule has 3 unspecified atom stereocenters. The van der Waals surface area contributed by atoms with Crippen LogP contribution in [0.5, 0.6) is 0 Å². The van der Waals surface area contributed by atoms with Gasteiger partial charge < -0.3 is 10.6 Å². The van der Waals surface area contributed by atoms with Crippen LogP contribution in [-0.2, 0) is 4.79 Å². The van der Waals surface area contributed by atoms with Crippen LogP contribution in [0.15, 0.2) is 0 Å². The molecule has 2 aliphatic rings. The lowest BCUT2D eigenvalue weighted by Gasteiger charge is -2.24. The maximum atomic E-state index is 10.4. The van der Waals surface area contributed by atoms with Gasteiger partial charge in [0.15, 0.2) is 0 Å². The third-order valence-corrected chi connectivity index (χ3v) is 3.53. The summed E-state index contributed by atoms with van der Waals surface area (Å²) in [6.07, 6.45) is 5.99. The fourth-order valence-electron chi connectivity index (χ4n) is 2.82. The molecule has 3 atom stereocenters. The van der Waals surface area contributed by atoms with Crippen molar-refractivity contribution in [1.29, 1.82) is 0 Å². The predicted octanol–water partition coefficient (Wildman–Crippen LogP) is 0.511. The number of carbonyl (C=O) groups excluding carboxylic acids is 1. The Kier molecular flexibility index (Phi) is 2.83. The second-order valence-corrected chi connectivity index (χ2v) is 4.26. The first-order valence-corrected chi connectivity index (χ1v) is 5.32. The van der Waals surface area contributed by atoms with E-state index in [4.69, 9.17) is 0 Å². The number of fused-ring (bicyclic) bond motifs is 1. The molecule has 1 aliphatic carbocycles. The lowest BCUT2D eigenvalue weighted by molar-refractivity contribution is -0.110. The Morgan fingerprint density at radius 3 is 2.92 bits per heavy atom. The Balaban J connectivity index is 2.01. The summed E-state index contributed by atoms with van der Waals surface area (Å²) in [4.78, 5) is 10.4. The van der Waals surface area contributed by atoms with E-state index in [2.05, 4.69) is 10.6 Å². The zero-order valence-corrected chi connectivity index (χ0v) is 7.96. The highest BCUT2D eigenvalue weighted by Crippen LogP contribution is 2.31. The van der Waals surface area contributed by atoms with Gasteiger partial charge in [0, 0.05) is 12.6 Å². The molecular formula is C10H18N2O. The Labute approximate surface area is 79.3 Å². The van der Waals surface area contributed by atoms with Crippen LogP contribution in [0.3, 0.4) is 0 Å². The molecule has 1 saturated carbocycles. The van der Waals surface area contributed by atoms with E-state index >= 15 is 0 Å². The van der Waals surface area contributed by atoms with E-state index in [0.29, 0.717) is 12.0 Å². The van der Waals surface area contributed by atoms with Crippen LogP contribution in [0.2, 0.25) is 0 Å². The maximum Gasteiger partial charge on any atom is 0.207 e.